The van der Waals surface area contributed by atoms with Crippen LogP contribution < -0.4 is 10.5 Å². The molecule has 2 N–H and O–H groups in total. The van der Waals surface area contributed by atoms with Gasteiger partial charge < -0.3 is 10.5 Å². The third-order valence-corrected chi connectivity index (χ3v) is 3.66. The normalized spacial score (nSPS) is 10.3. The molecule has 0 atom stereocenters. The fraction of sp³-hybridized carbons (Fsp3) is 0.133. The average Bonchev–Trinajstić information content (AvgIpc) is 2.39. The highest BCUT2D eigenvalue weighted by molar-refractivity contribution is 9.10. The monoisotopic (exact) mass is 353 g/mol. The van der Waals surface area contributed by atoms with Gasteiger partial charge in [0.1, 0.15) is 23.2 Å². The molecule has 0 aliphatic heterocycles. The Morgan fingerprint density at radius 3 is 2.70 bits per heavy atom. The number of rotatable bonds is 4. The molecule has 0 aliphatic carbocycles. The van der Waals surface area contributed by atoms with E-state index in [1.165, 1.54) is 6.07 Å². The van der Waals surface area contributed by atoms with E-state index in [4.69, 9.17) is 22.7 Å². The maximum Gasteiger partial charge on any atom is 0.134 e. The van der Waals surface area contributed by atoms with Gasteiger partial charge in [0.2, 0.25) is 0 Å². The number of benzene rings is 2. The maximum atomic E-state index is 13.7. The zero-order valence-corrected chi connectivity index (χ0v) is 13.2. The van der Waals surface area contributed by atoms with Crippen molar-refractivity contribution in [2.75, 3.05) is 0 Å². The summed E-state index contributed by atoms with van der Waals surface area (Å²) in [5.74, 6) is 0.323. The molecular weight excluding hydrogens is 341 g/mol. The Hall–Kier alpha value is -1.46. The molecule has 0 saturated carbocycles. The van der Waals surface area contributed by atoms with Crippen molar-refractivity contribution in [1.29, 1.82) is 0 Å². The van der Waals surface area contributed by atoms with Crippen LogP contribution in [-0.2, 0) is 6.61 Å². The lowest BCUT2D eigenvalue weighted by atomic mass is 10.1. The molecule has 5 heteroatoms. The van der Waals surface area contributed by atoms with Gasteiger partial charge >= 0.3 is 0 Å². The molecule has 0 fully saturated rings. The number of ether oxygens (including phenoxy) is 1. The number of aryl methyl sites for hydroxylation is 1. The number of thiocarbonyl (C=S) groups is 1. The van der Waals surface area contributed by atoms with Crippen molar-refractivity contribution in [3.63, 3.8) is 0 Å². The van der Waals surface area contributed by atoms with Gasteiger partial charge in [-0.05, 0) is 58.7 Å². The Morgan fingerprint density at radius 1 is 1.30 bits per heavy atom. The summed E-state index contributed by atoms with van der Waals surface area (Å²) in [4.78, 5) is 0.239. The van der Waals surface area contributed by atoms with Gasteiger partial charge in [-0.2, -0.15) is 0 Å². The zero-order chi connectivity index (χ0) is 14.7. The van der Waals surface area contributed by atoms with E-state index in [0.717, 1.165) is 10.0 Å². The molecule has 2 nitrogen and oxygen atoms in total. The molecule has 2 rings (SSSR count). The Labute approximate surface area is 130 Å². The largest absolute Gasteiger partial charge is 0.488 e. The minimum atomic E-state index is -0.340. The highest BCUT2D eigenvalue weighted by Crippen LogP contribution is 2.26. The van der Waals surface area contributed by atoms with Crippen molar-refractivity contribution in [1.82, 2.24) is 0 Å². The lowest BCUT2D eigenvalue weighted by Gasteiger charge is -2.10. The zero-order valence-electron chi connectivity index (χ0n) is 10.8. The predicted octanol–water partition coefficient (Wildman–Crippen LogP) is 4.11. The number of nitrogens with two attached hydrogens (primary N) is 1. The molecule has 0 unspecified atom stereocenters. The molecule has 2 aromatic carbocycles. The lowest BCUT2D eigenvalue weighted by molar-refractivity contribution is 0.298. The number of hydrogen-bond donors (Lipinski definition) is 1. The Balaban J connectivity index is 2.18. The number of halogens is 2. The molecule has 0 amide bonds. The van der Waals surface area contributed by atoms with Crippen LogP contribution in [0.5, 0.6) is 5.75 Å². The summed E-state index contributed by atoms with van der Waals surface area (Å²) in [5.41, 5.74) is 7.70. The van der Waals surface area contributed by atoms with Crippen LogP contribution in [0.15, 0.2) is 40.9 Å². The first-order valence-corrected chi connectivity index (χ1v) is 7.14. The first kappa shape index (κ1) is 14.9. The summed E-state index contributed by atoms with van der Waals surface area (Å²) in [6, 6.07) is 10.2. The second kappa shape index (κ2) is 6.33. The van der Waals surface area contributed by atoms with Crippen molar-refractivity contribution in [2.24, 2.45) is 5.73 Å². The van der Waals surface area contributed by atoms with Gasteiger partial charge in [-0.15, -0.1) is 0 Å². The molecule has 0 heterocycles. The molecule has 104 valence electrons. The van der Waals surface area contributed by atoms with Crippen molar-refractivity contribution in [3.8, 4) is 5.75 Å². The molecule has 0 saturated heterocycles. The molecular formula is C15H13BrFNOS. The van der Waals surface area contributed by atoms with Crippen LogP contribution in [0.25, 0.3) is 0 Å². The smallest absolute Gasteiger partial charge is 0.134 e. The topological polar surface area (TPSA) is 35.2 Å². The summed E-state index contributed by atoms with van der Waals surface area (Å²) in [5, 5.41) is 0. The highest BCUT2D eigenvalue weighted by Gasteiger charge is 2.08. The summed E-state index contributed by atoms with van der Waals surface area (Å²) < 4.78 is 20.2. The number of hydrogen-bond acceptors (Lipinski definition) is 2. The second-order valence-corrected chi connectivity index (χ2v) is 5.69. The van der Waals surface area contributed by atoms with Gasteiger partial charge in [0, 0.05) is 11.1 Å². The quantitative estimate of drug-likeness (QED) is 0.840. The van der Waals surface area contributed by atoms with E-state index in [1.54, 1.807) is 12.1 Å². The first-order valence-electron chi connectivity index (χ1n) is 5.94. The third-order valence-electron chi connectivity index (χ3n) is 2.80. The van der Waals surface area contributed by atoms with Crippen LogP contribution in [0, 0.1) is 12.7 Å². The average molecular weight is 354 g/mol. The SMILES string of the molecule is Cc1ccc(OCc2cc(C(N)=S)ccc2F)c(Br)c1. The summed E-state index contributed by atoms with van der Waals surface area (Å²) in [6.07, 6.45) is 0. The second-order valence-electron chi connectivity index (χ2n) is 4.39. The fourth-order valence-corrected chi connectivity index (χ4v) is 2.45. The van der Waals surface area contributed by atoms with Crippen LogP contribution in [0.4, 0.5) is 4.39 Å². The van der Waals surface area contributed by atoms with Crippen LogP contribution >= 0.6 is 28.1 Å². The van der Waals surface area contributed by atoms with E-state index in [1.807, 2.05) is 25.1 Å². The van der Waals surface area contributed by atoms with E-state index in [2.05, 4.69) is 15.9 Å². The summed E-state index contributed by atoms with van der Waals surface area (Å²) in [7, 11) is 0. The van der Waals surface area contributed by atoms with Crippen molar-refractivity contribution in [2.45, 2.75) is 13.5 Å². The van der Waals surface area contributed by atoms with Gasteiger partial charge in [-0.3, -0.25) is 0 Å². The van der Waals surface area contributed by atoms with E-state index >= 15 is 0 Å². The standard InChI is InChI=1S/C15H13BrFNOS/c1-9-2-5-14(12(16)6-9)19-8-11-7-10(15(18)20)3-4-13(11)17/h2-7H,8H2,1H3,(H2,18,20). The van der Waals surface area contributed by atoms with Crippen molar-refractivity contribution < 1.29 is 9.13 Å². The van der Waals surface area contributed by atoms with E-state index < -0.39 is 0 Å². The minimum Gasteiger partial charge on any atom is -0.488 e. The van der Waals surface area contributed by atoms with Crippen LogP contribution in [0.1, 0.15) is 16.7 Å². The molecule has 0 aromatic heterocycles. The molecule has 2 aromatic rings. The van der Waals surface area contributed by atoms with Crippen LogP contribution in [-0.4, -0.2) is 4.99 Å². The van der Waals surface area contributed by atoms with Gasteiger partial charge in [-0.1, -0.05) is 18.3 Å². The summed E-state index contributed by atoms with van der Waals surface area (Å²) >= 11 is 8.30. The van der Waals surface area contributed by atoms with E-state index in [9.17, 15) is 4.39 Å². The predicted molar refractivity (Wildman–Crippen MR) is 85.5 cm³/mol. The van der Waals surface area contributed by atoms with Crippen LogP contribution in [0.3, 0.4) is 0 Å². The molecule has 20 heavy (non-hydrogen) atoms. The van der Waals surface area contributed by atoms with Gasteiger partial charge in [0.15, 0.2) is 0 Å². The Morgan fingerprint density at radius 2 is 2.05 bits per heavy atom. The van der Waals surface area contributed by atoms with Crippen molar-refractivity contribution >= 4 is 33.1 Å². The maximum absolute atomic E-state index is 13.7. The molecule has 0 spiro atoms. The lowest BCUT2D eigenvalue weighted by Crippen LogP contribution is -2.10. The van der Waals surface area contributed by atoms with Gasteiger partial charge in [0.25, 0.3) is 0 Å². The molecule has 0 bridgehead atoms. The Bertz CT molecular complexity index is 660. The van der Waals surface area contributed by atoms with Gasteiger partial charge in [-0.25, -0.2) is 4.39 Å². The third kappa shape index (κ3) is 3.55. The molecule has 0 aliphatic rings. The Kier molecular flexibility index (Phi) is 4.73. The first-order chi connectivity index (χ1) is 9.47. The molecule has 0 radical (unpaired) electrons. The van der Waals surface area contributed by atoms with Crippen molar-refractivity contribution in [3.05, 3.63) is 63.4 Å². The summed E-state index contributed by atoms with van der Waals surface area (Å²) in [6.45, 7) is 2.10. The van der Waals surface area contributed by atoms with E-state index in [-0.39, 0.29) is 17.4 Å². The van der Waals surface area contributed by atoms with E-state index in [0.29, 0.717) is 16.9 Å². The minimum absolute atomic E-state index is 0.115. The fourth-order valence-electron chi connectivity index (χ4n) is 1.72. The van der Waals surface area contributed by atoms with Gasteiger partial charge in [0.05, 0.1) is 4.47 Å². The van der Waals surface area contributed by atoms with Crippen LogP contribution in [0.2, 0.25) is 0 Å². The highest BCUT2D eigenvalue weighted by atomic mass is 79.9.